The van der Waals surface area contributed by atoms with Gasteiger partial charge in [-0.1, -0.05) is 24.0 Å². The third kappa shape index (κ3) is 6.85. The molecule has 42 heavy (non-hydrogen) atoms. The molecular formula is C31H26F5N5O. The van der Waals surface area contributed by atoms with Crippen LogP contribution in [0.5, 0.6) is 0 Å². The number of nitrogens with zero attached hydrogens (tertiary/aromatic N) is 3. The second-order valence-corrected chi connectivity index (χ2v) is 9.48. The first-order valence-corrected chi connectivity index (χ1v) is 12.6. The van der Waals surface area contributed by atoms with Crippen molar-refractivity contribution in [1.29, 1.82) is 0 Å². The van der Waals surface area contributed by atoms with Crippen molar-refractivity contribution < 1.29 is 27.1 Å². The van der Waals surface area contributed by atoms with Gasteiger partial charge in [0.15, 0.2) is 5.60 Å². The van der Waals surface area contributed by atoms with Gasteiger partial charge in [0, 0.05) is 48.2 Å². The second-order valence-electron chi connectivity index (χ2n) is 9.48. The lowest BCUT2D eigenvalue weighted by Crippen LogP contribution is -2.51. The van der Waals surface area contributed by atoms with Crippen LogP contribution in [0.3, 0.4) is 0 Å². The third-order valence-electron chi connectivity index (χ3n) is 6.37. The number of pyridine rings is 1. The number of anilines is 1. The minimum absolute atomic E-state index is 0.314. The van der Waals surface area contributed by atoms with E-state index in [4.69, 9.17) is 5.84 Å². The number of aromatic nitrogens is 1. The highest BCUT2D eigenvalue weighted by molar-refractivity contribution is 5.54. The van der Waals surface area contributed by atoms with Crippen LogP contribution < -0.4 is 11.2 Å². The predicted molar refractivity (Wildman–Crippen MR) is 150 cm³/mol. The van der Waals surface area contributed by atoms with Gasteiger partial charge in [0.1, 0.15) is 29.5 Å². The molecule has 1 atom stereocenters. The molecule has 0 spiro atoms. The number of halogens is 5. The number of aliphatic hydroxyl groups is 1. The molecule has 1 heterocycles. The fourth-order valence-corrected chi connectivity index (χ4v) is 4.18. The van der Waals surface area contributed by atoms with E-state index in [1.165, 1.54) is 25.2 Å². The van der Waals surface area contributed by atoms with Crippen molar-refractivity contribution >= 4 is 12.0 Å². The summed E-state index contributed by atoms with van der Waals surface area (Å²) >= 11 is 0. The van der Waals surface area contributed by atoms with Crippen LogP contribution in [0.2, 0.25) is 0 Å². The summed E-state index contributed by atoms with van der Waals surface area (Å²) in [5, 5.41) is 17.7. The van der Waals surface area contributed by atoms with Crippen molar-refractivity contribution in [2.24, 2.45) is 10.9 Å². The molecule has 0 aliphatic heterocycles. The Hall–Kier alpha value is -4.95. The molecule has 0 fully saturated rings. The minimum Gasteiger partial charge on any atom is -0.381 e. The van der Waals surface area contributed by atoms with Crippen molar-refractivity contribution in [3.8, 4) is 11.8 Å². The van der Waals surface area contributed by atoms with Gasteiger partial charge in [-0.05, 0) is 66.2 Å². The number of hydrogen-bond donors (Lipinski definition) is 3. The van der Waals surface area contributed by atoms with Gasteiger partial charge < -0.3 is 21.2 Å². The summed E-state index contributed by atoms with van der Waals surface area (Å²) in [6, 6.07) is 17.6. The quantitative estimate of drug-likeness (QED) is 0.0624. The minimum atomic E-state index is -4.13. The first-order chi connectivity index (χ1) is 20.0. The molecule has 1 aromatic heterocycles. The highest BCUT2D eigenvalue weighted by Crippen LogP contribution is 2.46. The maximum Gasteiger partial charge on any atom is 0.323 e. The van der Waals surface area contributed by atoms with Gasteiger partial charge in [0.25, 0.3) is 0 Å². The van der Waals surface area contributed by atoms with Gasteiger partial charge in [-0.25, -0.2) is 13.2 Å². The maximum atomic E-state index is 15.8. The maximum absolute atomic E-state index is 15.8. The number of nitrogens with two attached hydrogens (primary N) is 1. The van der Waals surface area contributed by atoms with Crippen molar-refractivity contribution in [3.05, 3.63) is 130 Å². The first-order valence-electron chi connectivity index (χ1n) is 12.6. The molecule has 3 aromatic carbocycles. The molecule has 0 radical (unpaired) electrons. The number of hydrogen-bond acceptors (Lipinski definition) is 5. The highest BCUT2D eigenvalue weighted by atomic mass is 19.3. The molecule has 0 saturated heterocycles. The smallest absolute Gasteiger partial charge is 0.323 e. The van der Waals surface area contributed by atoms with Crippen molar-refractivity contribution in [3.63, 3.8) is 0 Å². The second kappa shape index (κ2) is 12.7. The summed E-state index contributed by atoms with van der Waals surface area (Å²) in [5.41, 5.74) is -2.12. The van der Waals surface area contributed by atoms with E-state index >= 15 is 8.78 Å². The molecule has 0 amide bonds. The molecule has 0 bridgehead atoms. The van der Waals surface area contributed by atoms with Crippen molar-refractivity contribution in [2.75, 3.05) is 18.9 Å². The molecule has 11 heteroatoms. The van der Waals surface area contributed by atoms with Crippen LogP contribution in [0.25, 0.3) is 0 Å². The van der Waals surface area contributed by atoms with Crippen LogP contribution >= 0.6 is 0 Å². The molecule has 4 aromatic rings. The fourth-order valence-electron chi connectivity index (χ4n) is 4.18. The van der Waals surface area contributed by atoms with Gasteiger partial charge in [-0.2, -0.15) is 13.9 Å². The van der Waals surface area contributed by atoms with E-state index in [1.807, 2.05) is 12.1 Å². The molecule has 0 saturated carbocycles. The molecule has 4 N–H and O–H groups in total. The van der Waals surface area contributed by atoms with Crippen LogP contribution in [0, 0.1) is 29.3 Å². The van der Waals surface area contributed by atoms with Crippen molar-refractivity contribution in [1.82, 2.24) is 9.88 Å². The standard InChI is InChI=1S/C31H26F5N5O/c1-41(20-40-37)19-30(42,27-14-11-25(33)16-28(27)34)31(35,36)29-15-8-23(18-39-29)7-4-21-2-5-22(6-3-21)17-38-26-12-9-24(32)10-13-26/h2-3,5-6,8-16,18,20,38,42H,17,19,37H2,1H3/b40-20-. The molecule has 0 aliphatic rings. The Bertz CT molecular complexity index is 1600. The number of benzene rings is 3. The van der Waals surface area contributed by atoms with Crippen LogP contribution in [-0.4, -0.2) is 34.9 Å². The zero-order valence-corrected chi connectivity index (χ0v) is 22.3. The number of alkyl halides is 2. The molecule has 6 nitrogen and oxygen atoms in total. The Morgan fingerprint density at radius 2 is 1.57 bits per heavy atom. The van der Waals surface area contributed by atoms with E-state index in [-0.39, 0.29) is 5.82 Å². The summed E-state index contributed by atoms with van der Waals surface area (Å²) in [6.45, 7) is -0.330. The van der Waals surface area contributed by atoms with E-state index in [9.17, 15) is 18.3 Å². The van der Waals surface area contributed by atoms with E-state index in [0.29, 0.717) is 23.7 Å². The topological polar surface area (TPSA) is 86.8 Å². The average molecular weight is 580 g/mol. The number of nitrogens with one attached hydrogen (secondary N) is 1. The number of rotatable bonds is 9. The van der Waals surface area contributed by atoms with Gasteiger partial charge in [0.05, 0.1) is 6.54 Å². The lowest BCUT2D eigenvalue weighted by atomic mass is 9.84. The molecular weight excluding hydrogens is 553 g/mol. The normalized spacial score (nSPS) is 12.8. The van der Waals surface area contributed by atoms with Crippen LogP contribution in [0.15, 0.2) is 90.2 Å². The SMILES string of the molecule is CN(/C=N\N)CC(O)(c1ccc(F)cc1F)C(F)(F)c1ccc(C#Cc2ccc(CNc3ccc(F)cc3)cc2)cn1. The van der Waals surface area contributed by atoms with Crippen LogP contribution in [0.1, 0.15) is 27.9 Å². The molecule has 1 unspecified atom stereocenters. The zero-order chi connectivity index (χ0) is 30.3. The summed E-state index contributed by atoms with van der Waals surface area (Å²) < 4.78 is 72.9. The first kappa shape index (κ1) is 30.0. The van der Waals surface area contributed by atoms with E-state index in [0.717, 1.165) is 46.9 Å². The van der Waals surface area contributed by atoms with E-state index < -0.39 is 41.0 Å². The highest BCUT2D eigenvalue weighted by Gasteiger charge is 2.57. The lowest BCUT2D eigenvalue weighted by molar-refractivity contribution is -0.202. The van der Waals surface area contributed by atoms with Crippen molar-refractivity contribution in [2.45, 2.75) is 18.1 Å². The zero-order valence-electron chi connectivity index (χ0n) is 22.3. The number of hydrazone groups is 1. The van der Waals surface area contributed by atoms with Gasteiger partial charge >= 0.3 is 5.92 Å². The van der Waals surface area contributed by atoms with Gasteiger partial charge in [-0.15, -0.1) is 0 Å². The van der Waals surface area contributed by atoms with E-state index in [1.54, 1.807) is 24.3 Å². The monoisotopic (exact) mass is 579 g/mol. The Morgan fingerprint density at radius 1 is 0.929 bits per heavy atom. The summed E-state index contributed by atoms with van der Waals surface area (Å²) in [6.07, 6.45) is 2.09. The van der Waals surface area contributed by atoms with Gasteiger partial charge in [-0.3, -0.25) is 4.98 Å². The van der Waals surface area contributed by atoms with Crippen LogP contribution in [-0.2, 0) is 18.1 Å². The van der Waals surface area contributed by atoms with Crippen LogP contribution in [0.4, 0.5) is 27.6 Å². The summed E-state index contributed by atoms with van der Waals surface area (Å²) in [4.78, 5) is 4.85. The predicted octanol–water partition coefficient (Wildman–Crippen LogP) is 5.32. The van der Waals surface area contributed by atoms with E-state index in [2.05, 4.69) is 27.2 Å². The molecule has 0 aliphatic carbocycles. The van der Waals surface area contributed by atoms with Gasteiger partial charge in [0.2, 0.25) is 0 Å². The average Bonchev–Trinajstić information content (AvgIpc) is 2.96. The third-order valence-corrected chi connectivity index (χ3v) is 6.37. The summed E-state index contributed by atoms with van der Waals surface area (Å²) in [7, 11) is 1.31. The summed E-state index contributed by atoms with van der Waals surface area (Å²) in [5.74, 6) is 4.07. The molecule has 216 valence electrons. The fraction of sp³-hybridized carbons (Fsp3) is 0.161. The lowest BCUT2D eigenvalue weighted by Gasteiger charge is -2.38. The Kier molecular flexibility index (Phi) is 9.08. The molecule has 4 rings (SSSR count). The Labute approximate surface area is 239 Å². The Balaban J connectivity index is 1.51. The Morgan fingerprint density at radius 3 is 2.19 bits per heavy atom. The number of likely N-dealkylation sites (N-methyl/N-ethyl adjacent to an activating group) is 1. The largest absolute Gasteiger partial charge is 0.381 e.